The van der Waals surface area contributed by atoms with Gasteiger partial charge in [0.1, 0.15) is 0 Å². The summed E-state index contributed by atoms with van der Waals surface area (Å²) in [7, 11) is 1.73. The van der Waals surface area contributed by atoms with E-state index < -0.39 is 0 Å². The van der Waals surface area contributed by atoms with E-state index in [1.807, 2.05) is 12.4 Å². The van der Waals surface area contributed by atoms with Gasteiger partial charge in [-0.25, -0.2) is 0 Å². The number of hydrogen-bond donors (Lipinski definition) is 1. The molecule has 1 N–H and O–H groups in total. The Morgan fingerprint density at radius 1 is 1.28 bits per heavy atom. The number of aromatic nitrogens is 1. The van der Waals surface area contributed by atoms with Crippen LogP contribution in [0, 0.1) is 0 Å². The van der Waals surface area contributed by atoms with Gasteiger partial charge in [0.15, 0.2) is 0 Å². The quantitative estimate of drug-likeness (QED) is 0.640. The number of pyridine rings is 1. The minimum atomic E-state index is 0.786. The predicted molar refractivity (Wildman–Crippen MR) is 74.6 cm³/mol. The molecule has 1 aromatic heterocycles. The molecule has 0 unspecified atom stereocenters. The maximum atomic E-state index is 4.99. The standard InChI is InChI=1S/C14H25N3O/c1-3-17(11-4-7-15-10-12-18-2)13-14-5-8-16-9-6-14/h5-6,8-9,15H,3-4,7,10-13H2,1-2H3. The van der Waals surface area contributed by atoms with Crippen LogP contribution in [0.15, 0.2) is 24.5 Å². The van der Waals surface area contributed by atoms with E-state index >= 15 is 0 Å². The molecule has 0 aromatic carbocycles. The Morgan fingerprint density at radius 2 is 2.06 bits per heavy atom. The van der Waals surface area contributed by atoms with Gasteiger partial charge in [-0.1, -0.05) is 6.92 Å². The third-order valence-electron chi connectivity index (χ3n) is 2.91. The Balaban J connectivity index is 2.14. The summed E-state index contributed by atoms with van der Waals surface area (Å²) in [6.45, 7) is 8.20. The van der Waals surface area contributed by atoms with E-state index in [1.165, 1.54) is 12.0 Å². The van der Waals surface area contributed by atoms with Gasteiger partial charge in [0.25, 0.3) is 0 Å². The van der Waals surface area contributed by atoms with Gasteiger partial charge in [0.2, 0.25) is 0 Å². The van der Waals surface area contributed by atoms with E-state index in [0.29, 0.717) is 0 Å². The summed E-state index contributed by atoms with van der Waals surface area (Å²) >= 11 is 0. The Bertz CT molecular complexity index is 292. The molecule has 102 valence electrons. The minimum Gasteiger partial charge on any atom is -0.383 e. The van der Waals surface area contributed by atoms with Crippen LogP contribution in [0.25, 0.3) is 0 Å². The van der Waals surface area contributed by atoms with Crippen molar-refractivity contribution in [3.63, 3.8) is 0 Å². The summed E-state index contributed by atoms with van der Waals surface area (Å²) in [6, 6.07) is 4.17. The molecule has 0 spiro atoms. The summed E-state index contributed by atoms with van der Waals surface area (Å²) in [5, 5.41) is 3.37. The first-order valence-electron chi connectivity index (χ1n) is 6.67. The molecule has 0 fully saturated rings. The van der Waals surface area contributed by atoms with E-state index in [4.69, 9.17) is 4.74 Å². The molecule has 4 heteroatoms. The van der Waals surface area contributed by atoms with Gasteiger partial charge in [-0.15, -0.1) is 0 Å². The topological polar surface area (TPSA) is 37.4 Å². The predicted octanol–water partition coefficient (Wildman–Crippen LogP) is 1.53. The Hall–Kier alpha value is -0.970. The van der Waals surface area contributed by atoms with Crippen molar-refractivity contribution < 1.29 is 4.74 Å². The van der Waals surface area contributed by atoms with Crippen molar-refractivity contribution >= 4 is 0 Å². The van der Waals surface area contributed by atoms with Crippen molar-refractivity contribution in [3.8, 4) is 0 Å². The number of methoxy groups -OCH3 is 1. The van der Waals surface area contributed by atoms with E-state index in [-0.39, 0.29) is 0 Å². The fourth-order valence-corrected chi connectivity index (χ4v) is 1.82. The fraction of sp³-hybridized carbons (Fsp3) is 0.643. The molecule has 0 aliphatic carbocycles. The van der Waals surface area contributed by atoms with Crippen LogP contribution in [0.1, 0.15) is 18.9 Å². The molecule has 0 amide bonds. The molecule has 4 nitrogen and oxygen atoms in total. The van der Waals surface area contributed by atoms with Crippen LogP contribution in [0.4, 0.5) is 0 Å². The highest BCUT2D eigenvalue weighted by Crippen LogP contribution is 2.03. The van der Waals surface area contributed by atoms with Gasteiger partial charge < -0.3 is 10.1 Å². The lowest BCUT2D eigenvalue weighted by Crippen LogP contribution is -2.28. The van der Waals surface area contributed by atoms with Crippen molar-refractivity contribution in [2.45, 2.75) is 19.9 Å². The largest absolute Gasteiger partial charge is 0.383 e. The monoisotopic (exact) mass is 251 g/mol. The van der Waals surface area contributed by atoms with Crippen LogP contribution in [0.5, 0.6) is 0 Å². The number of rotatable bonds is 10. The zero-order valence-electron chi connectivity index (χ0n) is 11.6. The summed E-state index contributed by atoms with van der Waals surface area (Å²) in [5.74, 6) is 0. The lowest BCUT2D eigenvalue weighted by Gasteiger charge is -2.20. The van der Waals surface area contributed by atoms with Crippen LogP contribution < -0.4 is 5.32 Å². The third-order valence-corrected chi connectivity index (χ3v) is 2.91. The highest BCUT2D eigenvalue weighted by atomic mass is 16.5. The molecule has 18 heavy (non-hydrogen) atoms. The minimum absolute atomic E-state index is 0.786. The summed E-state index contributed by atoms with van der Waals surface area (Å²) in [4.78, 5) is 6.49. The number of ether oxygens (including phenoxy) is 1. The average molecular weight is 251 g/mol. The molecule has 1 rings (SSSR count). The molecular weight excluding hydrogens is 226 g/mol. The molecule has 1 heterocycles. The average Bonchev–Trinajstić information content (AvgIpc) is 2.42. The summed E-state index contributed by atoms with van der Waals surface area (Å²) in [5.41, 5.74) is 1.33. The van der Waals surface area contributed by atoms with Crippen LogP contribution >= 0.6 is 0 Å². The van der Waals surface area contributed by atoms with Gasteiger partial charge in [0, 0.05) is 32.6 Å². The molecular formula is C14H25N3O. The highest BCUT2D eigenvalue weighted by molar-refractivity contribution is 5.09. The van der Waals surface area contributed by atoms with E-state index in [9.17, 15) is 0 Å². The zero-order valence-corrected chi connectivity index (χ0v) is 11.6. The van der Waals surface area contributed by atoms with Crippen LogP contribution in [0.3, 0.4) is 0 Å². The second-order valence-corrected chi connectivity index (χ2v) is 4.32. The normalized spacial score (nSPS) is 11.1. The number of nitrogens with one attached hydrogen (secondary N) is 1. The second kappa shape index (κ2) is 10.00. The molecule has 0 aliphatic rings. The maximum absolute atomic E-state index is 4.99. The van der Waals surface area contributed by atoms with Gasteiger partial charge in [0.05, 0.1) is 6.61 Å². The van der Waals surface area contributed by atoms with Crippen molar-refractivity contribution in [3.05, 3.63) is 30.1 Å². The zero-order chi connectivity index (χ0) is 13.1. The van der Waals surface area contributed by atoms with Crippen molar-refractivity contribution in [1.82, 2.24) is 15.2 Å². The second-order valence-electron chi connectivity index (χ2n) is 4.32. The van der Waals surface area contributed by atoms with Gasteiger partial charge >= 0.3 is 0 Å². The molecule has 0 saturated heterocycles. The van der Waals surface area contributed by atoms with Crippen molar-refractivity contribution in [2.24, 2.45) is 0 Å². The van der Waals surface area contributed by atoms with Crippen LogP contribution in [-0.4, -0.2) is 49.8 Å². The fourth-order valence-electron chi connectivity index (χ4n) is 1.82. The molecule has 0 atom stereocenters. The highest BCUT2D eigenvalue weighted by Gasteiger charge is 2.02. The maximum Gasteiger partial charge on any atom is 0.0587 e. The van der Waals surface area contributed by atoms with Crippen LogP contribution in [-0.2, 0) is 11.3 Å². The summed E-state index contributed by atoms with van der Waals surface area (Å²) in [6.07, 6.45) is 4.88. The Morgan fingerprint density at radius 3 is 2.72 bits per heavy atom. The smallest absolute Gasteiger partial charge is 0.0587 e. The first-order chi connectivity index (χ1) is 8.86. The van der Waals surface area contributed by atoms with Crippen molar-refractivity contribution in [2.75, 3.05) is 39.9 Å². The molecule has 0 aliphatic heterocycles. The molecule has 0 radical (unpaired) electrons. The third kappa shape index (κ3) is 6.69. The lowest BCUT2D eigenvalue weighted by atomic mass is 10.2. The first-order valence-corrected chi connectivity index (χ1v) is 6.67. The Kier molecular flexibility index (Phi) is 8.38. The number of hydrogen-bond acceptors (Lipinski definition) is 4. The van der Waals surface area contributed by atoms with Gasteiger partial charge in [-0.3, -0.25) is 9.88 Å². The van der Waals surface area contributed by atoms with E-state index in [1.54, 1.807) is 7.11 Å². The first kappa shape index (κ1) is 15.1. The number of nitrogens with zero attached hydrogens (tertiary/aromatic N) is 2. The SMILES string of the molecule is CCN(CCCNCCOC)Cc1ccncc1. The molecule has 0 bridgehead atoms. The van der Waals surface area contributed by atoms with Crippen molar-refractivity contribution in [1.29, 1.82) is 0 Å². The van der Waals surface area contributed by atoms with E-state index in [2.05, 4.69) is 34.3 Å². The van der Waals surface area contributed by atoms with E-state index in [0.717, 1.165) is 39.3 Å². The van der Waals surface area contributed by atoms with Gasteiger partial charge in [-0.2, -0.15) is 0 Å². The van der Waals surface area contributed by atoms with Crippen LogP contribution in [0.2, 0.25) is 0 Å². The summed E-state index contributed by atoms with van der Waals surface area (Å²) < 4.78 is 4.99. The molecule has 0 saturated carbocycles. The van der Waals surface area contributed by atoms with Gasteiger partial charge in [-0.05, 0) is 43.8 Å². The molecule has 1 aromatic rings. The lowest BCUT2D eigenvalue weighted by molar-refractivity contribution is 0.198. The Labute approximate surface area is 110 Å².